The Morgan fingerprint density at radius 3 is 2.37 bits per heavy atom. The molecule has 11 heteroatoms. The smallest absolute Gasteiger partial charge is 0.277 e. The predicted molar refractivity (Wildman–Crippen MR) is 60.4 cm³/mol. The Hall–Kier alpha value is -2.30. The van der Waals surface area contributed by atoms with E-state index in [1.54, 1.807) is 4.72 Å². The number of nitrogens with two attached hydrogens (primary N) is 1. The van der Waals surface area contributed by atoms with Crippen LogP contribution in [0.4, 0.5) is 20.4 Å². The Balaban J connectivity index is 2.45. The van der Waals surface area contributed by atoms with Crippen LogP contribution in [0.5, 0.6) is 0 Å². The molecule has 0 unspecified atom stereocenters. The SMILES string of the molecule is Cn1nnc(NS(=O)(=O)c2c(F)cc(N)cc2F)n1. The highest BCUT2D eigenvalue weighted by atomic mass is 32.2. The molecule has 0 radical (unpaired) electrons. The van der Waals surface area contributed by atoms with Crippen molar-refractivity contribution < 1.29 is 17.2 Å². The summed E-state index contributed by atoms with van der Waals surface area (Å²) < 4.78 is 52.5. The molecule has 0 aliphatic carbocycles. The lowest BCUT2D eigenvalue weighted by Crippen LogP contribution is -2.17. The van der Waals surface area contributed by atoms with Crippen molar-refractivity contribution in [2.75, 3.05) is 10.5 Å². The molecule has 102 valence electrons. The standard InChI is InChI=1S/C8H8F2N6O2S/c1-16-13-8(12-15-16)14-19(17,18)7-5(9)2-4(11)3-6(7)10/h2-3H,11H2,1H3,(H,13,14). The van der Waals surface area contributed by atoms with Crippen molar-refractivity contribution in [3.63, 3.8) is 0 Å². The van der Waals surface area contributed by atoms with Gasteiger partial charge in [0.05, 0.1) is 7.05 Å². The summed E-state index contributed by atoms with van der Waals surface area (Å²) in [5, 5.41) is 10.3. The average molecular weight is 290 g/mol. The van der Waals surface area contributed by atoms with Crippen LogP contribution in [-0.4, -0.2) is 28.6 Å². The highest BCUT2D eigenvalue weighted by Gasteiger charge is 2.26. The van der Waals surface area contributed by atoms with Crippen molar-refractivity contribution in [1.29, 1.82) is 0 Å². The molecule has 19 heavy (non-hydrogen) atoms. The van der Waals surface area contributed by atoms with Gasteiger partial charge >= 0.3 is 0 Å². The summed E-state index contributed by atoms with van der Waals surface area (Å²) >= 11 is 0. The first-order valence-electron chi connectivity index (χ1n) is 4.81. The van der Waals surface area contributed by atoms with Crippen molar-refractivity contribution in [2.24, 2.45) is 7.05 Å². The van der Waals surface area contributed by atoms with Crippen LogP contribution in [0.15, 0.2) is 17.0 Å². The summed E-state index contributed by atoms with van der Waals surface area (Å²) in [7, 11) is -3.11. The van der Waals surface area contributed by atoms with Gasteiger partial charge in [0.1, 0.15) is 11.6 Å². The van der Waals surface area contributed by atoms with Crippen molar-refractivity contribution in [3.8, 4) is 0 Å². The number of hydrogen-bond donors (Lipinski definition) is 2. The lowest BCUT2D eigenvalue weighted by atomic mass is 10.3. The summed E-state index contributed by atoms with van der Waals surface area (Å²) in [6.45, 7) is 0. The Bertz CT molecular complexity index is 706. The molecule has 0 saturated heterocycles. The van der Waals surface area contributed by atoms with E-state index in [9.17, 15) is 17.2 Å². The van der Waals surface area contributed by atoms with Crippen molar-refractivity contribution in [2.45, 2.75) is 4.90 Å². The molecule has 0 amide bonds. The van der Waals surface area contributed by atoms with Crippen LogP contribution >= 0.6 is 0 Å². The van der Waals surface area contributed by atoms with Gasteiger partial charge < -0.3 is 5.73 Å². The minimum Gasteiger partial charge on any atom is -0.399 e. The molecule has 2 aromatic rings. The number of benzene rings is 1. The molecule has 0 atom stereocenters. The third kappa shape index (κ3) is 2.59. The molecule has 0 fully saturated rings. The number of nitrogen functional groups attached to an aromatic ring is 1. The number of aromatic nitrogens is 4. The zero-order valence-electron chi connectivity index (χ0n) is 9.50. The monoisotopic (exact) mass is 290 g/mol. The summed E-state index contributed by atoms with van der Waals surface area (Å²) in [5.74, 6) is -3.03. The number of anilines is 2. The van der Waals surface area contributed by atoms with E-state index >= 15 is 0 Å². The molecule has 1 aromatic carbocycles. The van der Waals surface area contributed by atoms with Gasteiger partial charge in [0.15, 0.2) is 4.90 Å². The molecule has 3 N–H and O–H groups in total. The van der Waals surface area contributed by atoms with E-state index in [4.69, 9.17) is 5.73 Å². The first kappa shape index (κ1) is 13.1. The Labute approximate surface area is 106 Å². The summed E-state index contributed by atoms with van der Waals surface area (Å²) in [4.78, 5) is -0.178. The predicted octanol–water partition coefficient (Wildman–Crippen LogP) is -0.129. The van der Waals surface area contributed by atoms with Gasteiger partial charge in [0.2, 0.25) is 0 Å². The minimum absolute atomic E-state index is 0.230. The highest BCUT2D eigenvalue weighted by Crippen LogP contribution is 2.23. The second-order valence-electron chi connectivity index (χ2n) is 3.52. The maximum atomic E-state index is 13.5. The molecule has 0 saturated carbocycles. The quantitative estimate of drug-likeness (QED) is 0.761. The zero-order chi connectivity index (χ0) is 14.2. The number of nitrogens with zero attached hydrogens (tertiary/aromatic N) is 4. The number of hydrogen-bond acceptors (Lipinski definition) is 6. The number of rotatable bonds is 3. The van der Waals surface area contributed by atoms with Crippen molar-refractivity contribution in [1.82, 2.24) is 20.2 Å². The summed E-state index contributed by atoms with van der Waals surface area (Å²) in [6, 6.07) is 1.39. The maximum absolute atomic E-state index is 13.5. The third-order valence-corrected chi connectivity index (χ3v) is 3.40. The van der Waals surface area contributed by atoms with E-state index in [1.807, 2.05) is 0 Å². The topological polar surface area (TPSA) is 116 Å². The van der Waals surface area contributed by atoms with Gasteiger partial charge in [-0.2, -0.15) is 4.80 Å². The van der Waals surface area contributed by atoms with Crippen LogP contribution < -0.4 is 10.5 Å². The fraction of sp³-hybridized carbons (Fsp3) is 0.125. The first-order chi connectivity index (χ1) is 8.79. The van der Waals surface area contributed by atoms with Crippen LogP contribution in [0.1, 0.15) is 0 Å². The minimum atomic E-state index is -4.51. The number of halogens is 2. The molecule has 1 aromatic heterocycles. The second-order valence-corrected chi connectivity index (χ2v) is 5.14. The van der Waals surface area contributed by atoms with E-state index in [0.717, 1.165) is 4.80 Å². The van der Waals surface area contributed by atoms with Crippen LogP contribution in [0.25, 0.3) is 0 Å². The highest BCUT2D eigenvalue weighted by molar-refractivity contribution is 7.92. The van der Waals surface area contributed by atoms with Gasteiger partial charge in [-0.3, -0.25) is 0 Å². The van der Waals surface area contributed by atoms with E-state index < -0.39 is 32.5 Å². The zero-order valence-corrected chi connectivity index (χ0v) is 10.3. The van der Waals surface area contributed by atoms with Crippen LogP contribution in [0.3, 0.4) is 0 Å². The van der Waals surface area contributed by atoms with Gasteiger partial charge in [0, 0.05) is 5.69 Å². The first-order valence-corrected chi connectivity index (χ1v) is 6.29. The molecular weight excluding hydrogens is 282 g/mol. The maximum Gasteiger partial charge on any atom is 0.277 e. The molecular formula is C8H8F2N6O2S. The Kier molecular flexibility index (Phi) is 3.06. The van der Waals surface area contributed by atoms with Gasteiger partial charge in [-0.25, -0.2) is 21.9 Å². The average Bonchev–Trinajstić information content (AvgIpc) is 2.60. The normalized spacial score (nSPS) is 11.5. The molecule has 2 rings (SSSR count). The number of nitrogens with one attached hydrogen (secondary N) is 1. The molecule has 0 spiro atoms. The van der Waals surface area contributed by atoms with E-state index in [0.29, 0.717) is 12.1 Å². The van der Waals surface area contributed by atoms with Crippen molar-refractivity contribution in [3.05, 3.63) is 23.8 Å². The van der Waals surface area contributed by atoms with Crippen LogP contribution in [0, 0.1) is 11.6 Å². The fourth-order valence-electron chi connectivity index (χ4n) is 1.33. The summed E-state index contributed by atoms with van der Waals surface area (Å²) in [5.41, 5.74) is 4.96. The van der Waals surface area contributed by atoms with Gasteiger partial charge in [-0.05, 0) is 17.3 Å². The number of sulfonamides is 1. The third-order valence-electron chi connectivity index (χ3n) is 2.02. The molecule has 0 bridgehead atoms. The molecule has 0 aliphatic rings. The van der Waals surface area contributed by atoms with E-state index in [1.165, 1.54) is 7.05 Å². The lowest BCUT2D eigenvalue weighted by Gasteiger charge is -2.07. The van der Waals surface area contributed by atoms with Crippen LogP contribution in [0.2, 0.25) is 0 Å². The van der Waals surface area contributed by atoms with Crippen molar-refractivity contribution >= 4 is 21.7 Å². The Morgan fingerprint density at radius 1 is 1.32 bits per heavy atom. The van der Waals surface area contributed by atoms with Crippen LogP contribution in [-0.2, 0) is 17.1 Å². The molecule has 1 heterocycles. The molecule has 0 aliphatic heterocycles. The molecule has 8 nitrogen and oxygen atoms in total. The summed E-state index contributed by atoms with van der Waals surface area (Å²) in [6.07, 6.45) is 0. The Morgan fingerprint density at radius 2 is 1.89 bits per heavy atom. The number of aryl methyl sites for hydroxylation is 1. The van der Waals surface area contributed by atoms with Gasteiger partial charge in [-0.1, -0.05) is 5.10 Å². The fourth-order valence-corrected chi connectivity index (χ4v) is 2.39. The van der Waals surface area contributed by atoms with E-state index in [-0.39, 0.29) is 5.69 Å². The van der Waals surface area contributed by atoms with Gasteiger partial charge in [-0.15, -0.1) is 5.10 Å². The largest absolute Gasteiger partial charge is 0.399 e. The van der Waals surface area contributed by atoms with Gasteiger partial charge in [0.25, 0.3) is 16.0 Å². The van der Waals surface area contributed by atoms with E-state index in [2.05, 4.69) is 15.4 Å². The number of tetrazole rings is 1. The second kappa shape index (κ2) is 4.42. The lowest BCUT2D eigenvalue weighted by molar-refractivity contribution is 0.522.